The summed E-state index contributed by atoms with van der Waals surface area (Å²) in [5.74, 6) is 0.990. The maximum absolute atomic E-state index is 13.0. The van der Waals surface area contributed by atoms with Gasteiger partial charge in [0.05, 0.1) is 36.9 Å². The third-order valence-electron chi connectivity index (χ3n) is 8.23. The highest BCUT2D eigenvalue weighted by Crippen LogP contribution is 2.65. The molecule has 1 spiro atoms. The molecular formula is C31H30N4O3. The Hall–Kier alpha value is -3.94. The van der Waals surface area contributed by atoms with Gasteiger partial charge >= 0.3 is 0 Å². The second-order valence-electron chi connectivity index (χ2n) is 10.5. The molecule has 7 heteroatoms. The summed E-state index contributed by atoms with van der Waals surface area (Å²) in [5, 5.41) is 11.9. The highest BCUT2D eigenvalue weighted by Gasteiger charge is 2.65. The van der Waals surface area contributed by atoms with E-state index in [1.807, 2.05) is 18.2 Å². The van der Waals surface area contributed by atoms with Crippen LogP contribution in [0.5, 0.6) is 5.75 Å². The van der Waals surface area contributed by atoms with Crippen LogP contribution in [0.3, 0.4) is 0 Å². The molecule has 1 saturated heterocycles. The molecule has 7 nitrogen and oxygen atoms in total. The molecular weight excluding hydrogens is 476 g/mol. The van der Waals surface area contributed by atoms with Gasteiger partial charge in [0.15, 0.2) is 0 Å². The summed E-state index contributed by atoms with van der Waals surface area (Å²) < 4.78 is 10.9. The van der Waals surface area contributed by atoms with Crippen LogP contribution in [0.15, 0.2) is 60.7 Å². The first-order chi connectivity index (χ1) is 18.6. The summed E-state index contributed by atoms with van der Waals surface area (Å²) >= 11 is 0. The zero-order valence-electron chi connectivity index (χ0n) is 21.4. The van der Waals surface area contributed by atoms with Gasteiger partial charge in [0.25, 0.3) is 0 Å². The number of H-pyrrole nitrogens is 1. The lowest BCUT2D eigenvalue weighted by molar-refractivity contribution is -0.118. The van der Waals surface area contributed by atoms with Gasteiger partial charge in [-0.2, -0.15) is 5.10 Å². The lowest BCUT2D eigenvalue weighted by atomic mass is 9.91. The van der Waals surface area contributed by atoms with Crippen molar-refractivity contribution in [3.8, 4) is 5.75 Å². The summed E-state index contributed by atoms with van der Waals surface area (Å²) in [6.45, 7) is 4.52. The lowest BCUT2D eigenvalue weighted by Crippen LogP contribution is -2.35. The van der Waals surface area contributed by atoms with Crippen molar-refractivity contribution >= 4 is 34.6 Å². The van der Waals surface area contributed by atoms with Crippen molar-refractivity contribution < 1.29 is 14.3 Å². The molecule has 1 aliphatic carbocycles. The zero-order chi connectivity index (χ0) is 25.7. The topological polar surface area (TPSA) is 79.5 Å². The summed E-state index contributed by atoms with van der Waals surface area (Å²) in [6.07, 6.45) is 4.99. The molecule has 4 aromatic rings. The number of hydrogen-bond donors (Lipinski definition) is 2. The van der Waals surface area contributed by atoms with E-state index in [2.05, 4.69) is 75.0 Å². The van der Waals surface area contributed by atoms with Crippen molar-refractivity contribution in [2.75, 3.05) is 38.7 Å². The standard InChI is InChI=1S/C31H30N4O3/c1-37-23-7-10-28-25(17-23)31(30(36)32-28)18-26(31)22-6-8-24-27(33-34-29(24)16-22)9-5-20-3-2-4-21(15-20)19-35-11-13-38-14-12-35/h2-10,15-17,26H,11-14,18-19H2,1H3,(H,32,36)(H,33,34)/b9-5+. The number of carbonyl (C=O) groups excluding carboxylic acids is 1. The van der Waals surface area contributed by atoms with E-state index in [0.29, 0.717) is 0 Å². The quantitative estimate of drug-likeness (QED) is 0.387. The summed E-state index contributed by atoms with van der Waals surface area (Å²) in [6, 6.07) is 20.9. The van der Waals surface area contributed by atoms with Crippen LogP contribution in [-0.4, -0.2) is 54.4 Å². The van der Waals surface area contributed by atoms with Crippen LogP contribution in [0.1, 0.15) is 40.3 Å². The molecule has 0 radical (unpaired) electrons. The van der Waals surface area contributed by atoms with Gasteiger partial charge in [0, 0.05) is 36.6 Å². The summed E-state index contributed by atoms with van der Waals surface area (Å²) in [4.78, 5) is 15.5. The highest BCUT2D eigenvalue weighted by molar-refractivity contribution is 6.10. The molecule has 3 aromatic carbocycles. The monoisotopic (exact) mass is 506 g/mol. The zero-order valence-corrected chi connectivity index (χ0v) is 21.4. The minimum absolute atomic E-state index is 0.0786. The van der Waals surface area contributed by atoms with E-state index in [9.17, 15) is 4.79 Å². The number of rotatable bonds is 6. The molecule has 38 heavy (non-hydrogen) atoms. The maximum atomic E-state index is 13.0. The molecule has 0 bridgehead atoms. The molecule has 1 aromatic heterocycles. The predicted octanol–water partition coefficient (Wildman–Crippen LogP) is 4.95. The Morgan fingerprint density at radius 3 is 2.87 bits per heavy atom. The first-order valence-electron chi connectivity index (χ1n) is 13.2. The van der Waals surface area contributed by atoms with Crippen molar-refractivity contribution in [3.63, 3.8) is 0 Å². The van der Waals surface area contributed by atoms with Crippen LogP contribution in [0, 0.1) is 0 Å². The fourth-order valence-electron chi connectivity index (χ4n) is 6.09. The smallest absolute Gasteiger partial charge is 0.235 e. The van der Waals surface area contributed by atoms with Crippen molar-refractivity contribution in [1.29, 1.82) is 0 Å². The van der Waals surface area contributed by atoms with Gasteiger partial charge in [0.2, 0.25) is 5.91 Å². The van der Waals surface area contributed by atoms with Crippen molar-refractivity contribution in [3.05, 3.63) is 88.6 Å². The van der Waals surface area contributed by atoms with Gasteiger partial charge in [-0.3, -0.25) is 14.8 Å². The van der Waals surface area contributed by atoms with E-state index in [1.54, 1.807) is 7.11 Å². The fraction of sp³-hybridized carbons (Fsp3) is 0.290. The first-order valence-corrected chi connectivity index (χ1v) is 13.2. The van der Waals surface area contributed by atoms with Crippen LogP contribution in [-0.2, 0) is 21.5 Å². The number of fused-ring (bicyclic) bond motifs is 3. The van der Waals surface area contributed by atoms with Gasteiger partial charge in [-0.05, 0) is 59.0 Å². The fourth-order valence-corrected chi connectivity index (χ4v) is 6.09. The third kappa shape index (κ3) is 3.90. The van der Waals surface area contributed by atoms with Crippen molar-refractivity contribution in [2.45, 2.75) is 24.3 Å². The van der Waals surface area contributed by atoms with E-state index in [4.69, 9.17) is 9.47 Å². The number of ether oxygens (including phenoxy) is 2. The minimum atomic E-state index is -0.507. The molecule has 3 heterocycles. The van der Waals surface area contributed by atoms with Gasteiger partial charge in [-0.15, -0.1) is 0 Å². The van der Waals surface area contributed by atoms with Gasteiger partial charge in [-0.1, -0.05) is 42.5 Å². The number of morpholine rings is 1. The largest absolute Gasteiger partial charge is 0.497 e. The molecule has 2 aliphatic heterocycles. The molecule has 2 N–H and O–H groups in total. The molecule has 2 atom stereocenters. The van der Waals surface area contributed by atoms with Crippen molar-refractivity contribution in [2.24, 2.45) is 0 Å². The Bertz CT molecular complexity index is 1570. The Morgan fingerprint density at radius 1 is 1.11 bits per heavy atom. The maximum Gasteiger partial charge on any atom is 0.235 e. The molecule has 2 unspecified atom stereocenters. The Kier molecular flexibility index (Phi) is 5.56. The van der Waals surface area contributed by atoms with E-state index >= 15 is 0 Å². The number of anilines is 1. The van der Waals surface area contributed by atoms with Crippen molar-refractivity contribution in [1.82, 2.24) is 15.1 Å². The Balaban J connectivity index is 1.11. The molecule has 1 saturated carbocycles. The van der Waals surface area contributed by atoms with Crippen LogP contribution in [0.4, 0.5) is 5.69 Å². The SMILES string of the molecule is COc1ccc2c(c1)C1(CC1c1ccc3c(/C=C/c4cccc(CN5CCOCC5)c4)n[nH]c3c1)C(=O)N2. The lowest BCUT2D eigenvalue weighted by Gasteiger charge is -2.26. The number of nitrogens with one attached hydrogen (secondary N) is 2. The van der Waals surface area contributed by atoms with Gasteiger partial charge in [-0.25, -0.2) is 0 Å². The van der Waals surface area contributed by atoms with E-state index in [-0.39, 0.29) is 11.8 Å². The normalized spacial score (nSPS) is 22.8. The molecule has 192 valence electrons. The number of methoxy groups -OCH3 is 1. The highest BCUT2D eigenvalue weighted by atomic mass is 16.5. The Morgan fingerprint density at radius 2 is 2.00 bits per heavy atom. The summed E-state index contributed by atoms with van der Waals surface area (Å²) in [5.41, 5.74) is 6.92. The average molecular weight is 507 g/mol. The molecule has 2 fully saturated rings. The average Bonchev–Trinajstić information content (AvgIpc) is 3.49. The van der Waals surface area contributed by atoms with E-state index < -0.39 is 5.41 Å². The number of hydrogen-bond acceptors (Lipinski definition) is 5. The van der Waals surface area contributed by atoms with Crippen LogP contribution in [0.25, 0.3) is 23.1 Å². The second-order valence-corrected chi connectivity index (χ2v) is 10.5. The minimum Gasteiger partial charge on any atom is -0.497 e. The van der Waals surface area contributed by atoms with Crippen LogP contribution < -0.4 is 10.1 Å². The number of aromatic amines is 1. The third-order valence-corrected chi connectivity index (χ3v) is 8.23. The van der Waals surface area contributed by atoms with Gasteiger partial charge < -0.3 is 14.8 Å². The molecule has 7 rings (SSSR count). The predicted molar refractivity (Wildman–Crippen MR) is 148 cm³/mol. The number of benzene rings is 3. The second kappa shape index (κ2) is 9.11. The van der Waals surface area contributed by atoms with Crippen LogP contribution in [0.2, 0.25) is 0 Å². The molecule has 3 aliphatic rings. The van der Waals surface area contributed by atoms with Gasteiger partial charge in [0.1, 0.15) is 5.75 Å². The number of carbonyl (C=O) groups is 1. The molecule has 1 amide bonds. The number of nitrogens with zero attached hydrogens (tertiary/aromatic N) is 2. The van der Waals surface area contributed by atoms with Crippen LogP contribution >= 0.6 is 0 Å². The first kappa shape index (κ1) is 23.2. The Labute approximate surface area is 221 Å². The number of aromatic nitrogens is 2. The summed E-state index contributed by atoms with van der Waals surface area (Å²) in [7, 11) is 1.66. The van der Waals surface area contributed by atoms with E-state index in [0.717, 1.165) is 84.0 Å². The number of amides is 1. The van der Waals surface area contributed by atoms with E-state index in [1.165, 1.54) is 5.56 Å².